The fraction of sp³-hybridized carbons (Fsp3) is 0.273. The van der Waals surface area contributed by atoms with E-state index in [0.29, 0.717) is 6.42 Å². The van der Waals surface area contributed by atoms with Gasteiger partial charge in [-0.25, -0.2) is 4.39 Å². The lowest BCUT2D eigenvalue weighted by molar-refractivity contribution is 0.662. The molecule has 0 aromatic carbocycles. The Balaban J connectivity index is 2.94. The summed E-state index contributed by atoms with van der Waals surface area (Å²) in [4.78, 5) is 0. The summed E-state index contributed by atoms with van der Waals surface area (Å²) in [6, 6.07) is 0. The van der Waals surface area contributed by atoms with Gasteiger partial charge in [-0.3, -0.25) is 0 Å². The van der Waals surface area contributed by atoms with Crippen molar-refractivity contribution >= 4 is 0 Å². The Hall–Kier alpha value is -1.11. The zero-order chi connectivity index (χ0) is 8.97. The van der Waals surface area contributed by atoms with Crippen molar-refractivity contribution in [3.63, 3.8) is 0 Å². The second-order valence-corrected chi connectivity index (χ2v) is 2.99. The summed E-state index contributed by atoms with van der Waals surface area (Å²) in [5.74, 6) is -0.159. The summed E-state index contributed by atoms with van der Waals surface area (Å²) < 4.78 is 12.8. The van der Waals surface area contributed by atoms with Crippen LogP contribution in [0.5, 0.6) is 0 Å². The summed E-state index contributed by atoms with van der Waals surface area (Å²) in [7, 11) is 0. The van der Waals surface area contributed by atoms with Gasteiger partial charge >= 0.3 is 0 Å². The van der Waals surface area contributed by atoms with Gasteiger partial charge in [-0.1, -0.05) is 29.4 Å². The van der Waals surface area contributed by atoms with Crippen LogP contribution >= 0.6 is 0 Å². The van der Waals surface area contributed by atoms with E-state index in [-0.39, 0.29) is 5.83 Å². The molecule has 1 aliphatic rings. The van der Waals surface area contributed by atoms with Crippen LogP contribution in [0.3, 0.4) is 0 Å². The van der Waals surface area contributed by atoms with E-state index in [0.717, 1.165) is 5.57 Å². The topological polar surface area (TPSA) is 0 Å². The van der Waals surface area contributed by atoms with E-state index in [1.165, 1.54) is 11.6 Å². The number of hydrogen-bond acceptors (Lipinski definition) is 0. The zero-order valence-corrected chi connectivity index (χ0v) is 7.47. The summed E-state index contributed by atoms with van der Waals surface area (Å²) in [6.45, 7) is 3.99. The summed E-state index contributed by atoms with van der Waals surface area (Å²) in [6.07, 6.45) is 9.59. The SMILES string of the molecule is CC1=C\C\C=C(F)/C=C/C(C)=C/1. The van der Waals surface area contributed by atoms with Crippen LogP contribution in [-0.4, -0.2) is 0 Å². The van der Waals surface area contributed by atoms with Crippen molar-refractivity contribution in [2.75, 3.05) is 0 Å². The molecule has 0 fully saturated rings. The number of allylic oxidation sites excluding steroid dienone is 8. The van der Waals surface area contributed by atoms with Gasteiger partial charge in [0.25, 0.3) is 0 Å². The number of hydrogen-bond donors (Lipinski definition) is 0. The van der Waals surface area contributed by atoms with Crippen LogP contribution in [0.2, 0.25) is 0 Å². The third-order valence-corrected chi connectivity index (χ3v) is 1.71. The first kappa shape index (κ1) is 8.98. The minimum atomic E-state index is -0.159. The normalized spacial score (nSPS) is 34.1. The van der Waals surface area contributed by atoms with Gasteiger partial charge in [-0.05, 0) is 32.4 Å². The molecule has 0 nitrogen and oxygen atoms in total. The molecule has 1 heteroatoms. The molecule has 1 rings (SSSR count). The molecule has 0 aromatic heterocycles. The maximum atomic E-state index is 12.8. The molecule has 0 aromatic rings. The Kier molecular flexibility index (Phi) is 3.03. The molecule has 1 aliphatic carbocycles. The van der Waals surface area contributed by atoms with Gasteiger partial charge in [0.15, 0.2) is 0 Å². The summed E-state index contributed by atoms with van der Waals surface area (Å²) >= 11 is 0. The van der Waals surface area contributed by atoms with Gasteiger partial charge in [-0.2, -0.15) is 0 Å². The van der Waals surface area contributed by atoms with Crippen LogP contribution in [0.15, 0.2) is 47.4 Å². The fourth-order valence-electron chi connectivity index (χ4n) is 1.10. The lowest BCUT2D eigenvalue weighted by Gasteiger charge is -1.91. The van der Waals surface area contributed by atoms with Gasteiger partial charge in [0.2, 0.25) is 0 Å². The van der Waals surface area contributed by atoms with E-state index < -0.39 is 0 Å². The first-order chi connectivity index (χ1) is 5.68. The van der Waals surface area contributed by atoms with Crippen LogP contribution in [0.1, 0.15) is 20.3 Å². The Morgan fingerprint density at radius 3 is 2.58 bits per heavy atom. The zero-order valence-electron chi connectivity index (χ0n) is 7.47. The van der Waals surface area contributed by atoms with Gasteiger partial charge in [-0.15, -0.1) is 0 Å². The van der Waals surface area contributed by atoms with Crippen LogP contribution < -0.4 is 0 Å². The van der Waals surface area contributed by atoms with Crippen molar-refractivity contribution in [1.82, 2.24) is 0 Å². The molecule has 0 aliphatic heterocycles. The largest absolute Gasteiger partial charge is 0.207 e. The van der Waals surface area contributed by atoms with Crippen molar-refractivity contribution in [2.24, 2.45) is 0 Å². The monoisotopic (exact) mass is 164 g/mol. The first-order valence-electron chi connectivity index (χ1n) is 4.07. The van der Waals surface area contributed by atoms with Gasteiger partial charge < -0.3 is 0 Å². The van der Waals surface area contributed by atoms with Crippen LogP contribution in [0, 0.1) is 0 Å². The Labute approximate surface area is 72.8 Å². The maximum absolute atomic E-state index is 12.8. The van der Waals surface area contributed by atoms with Gasteiger partial charge in [0.1, 0.15) is 5.83 Å². The van der Waals surface area contributed by atoms with Crippen LogP contribution in [0.4, 0.5) is 4.39 Å². The maximum Gasteiger partial charge on any atom is 0.119 e. The Bertz CT molecular complexity index is 277. The highest BCUT2D eigenvalue weighted by atomic mass is 19.1. The second kappa shape index (κ2) is 4.05. The van der Waals surface area contributed by atoms with Crippen molar-refractivity contribution in [3.05, 3.63) is 47.4 Å². The number of halogens is 1. The average molecular weight is 164 g/mol. The summed E-state index contributed by atoms with van der Waals surface area (Å²) in [5.41, 5.74) is 2.26. The van der Waals surface area contributed by atoms with Crippen molar-refractivity contribution < 1.29 is 4.39 Å². The standard InChI is InChI=1S/C11H13F/c1-9-4-3-5-11(12)7-6-10(2)8-9/h4-8H,3H2,1-2H3/b7-6+,9-4-,10-8+,11-5+. The lowest BCUT2D eigenvalue weighted by atomic mass is 10.1. The van der Waals surface area contributed by atoms with E-state index in [2.05, 4.69) is 0 Å². The Morgan fingerprint density at radius 1 is 1.08 bits per heavy atom. The van der Waals surface area contributed by atoms with E-state index in [9.17, 15) is 4.39 Å². The minimum absolute atomic E-state index is 0.159. The van der Waals surface area contributed by atoms with Crippen molar-refractivity contribution in [3.8, 4) is 0 Å². The smallest absolute Gasteiger partial charge is 0.119 e. The van der Waals surface area contributed by atoms with Gasteiger partial charge in [0.05, 0.1) is 0 Å². The molecular weight excluding hydrogens is 151 g/mol. The molecule has 12 heavy (non-hydrogen) atoms. The molecule has 0 radical (unpaired) electrons. The number of rotatable bonds is 0. The van der Waals surface area contributed by atoms with E-state index >= 15 is 0 Å². The highest BCUT2D eigenvalue weighted by Crippen LogP contribution is 2.11. The van der Waals surface area contributed by atoms with Crippen LogP contribution in [-0.2, 0) is 0 Å². The minimum Gasteiger partial charge on any atom is -0.207 e. The predicted molar refractivity (Wildman–Crippen MR) is 50.5 cm³/mol. The average Bonchev–Trinajstić information content (AvgIpc) is 2.05. The highest BCUT2D eigenvalue weighted by Gasteiger charge is 1.91. The quantitative estimate of drug-likeness (QED) is 0.512. The van der Waals surface area contributed by atoms with E-state index in [1.54, 1.807) is 12.2 Å². The molecule has 0 unspecified atom stereocenters. The molecule has 0 saturated heterocycles. The fourth-order valence-corrected chi connectivity index (χ4v) is 1.10. The van der Waals surface area contributed by atoms with Gasteiger partial charge in [0, 0.05) is 0 Å². The third-order valence-electron chi connectivity index (χ3n) is 1.71. The lowest BCUT2D eigenvalue weighted by Crippen LogP contribution is -1.71. The molecule has 0 spiro atoms. The molecule has 0 atom stereocenters. The highest BCUT2D eigenvalue weighted by molar-refractivity contribution is 5.32. The molecule has 0 saturated carbocycles. The van der Waals surface area contributed by atoms with Crippen LogP contribution in [0.25, 0.3) is 0 Å². The third kappa shape index (κ3) is 2.87. The van der Waals surface area contributed by atoms with Crippen molar-refractivity contribution in [1.29, 1.82) is 0 Å². The van der Waals surface area contributed by atoms with Crippen molar-refractivity contribution in [2.45, 2.75) is 20.3 Å². The first-order valence-corrected chi connectivity index (χ1v) is 4.07. The molecule has 64 valence electrons. The molecule has 0 N–H and O–H groups in total. The summed E-state index contributed by atoms with van der Waals surface area (Å²) in [5, 5.41) is 0. The molecule has 0 heterocycles. The molecule has 0 amide bonds. The van der Waals surface area contributed by atoms with E-state index in [4.69, 9.17) is 0 Å². The second-order valence-electron chi connectivity index (χ2n) is 2.99. The Morgan fingerprint density at radius 2 is 1.83 bits per heavy atom. The molecule has 0 bridgehead atoms. The predicted octanol–water partition coefficient (Wildman–Crippen LogP) is 3.69. The van der Waals surface area contributed by atoms with E-state index in [1.807, 2.05) is 26.0 Å². The molecular formula is C11H13F.